The van der Waals surface area contributed by atoms with Crippen molar-refractivity contribution in [2.75, 3.05) is 19.3 Å². The minimum Gasteiger partial charge on any atom is -0.398 e. The van der Waals surface area contributed by atoms with Crippen molar-refractivity contribution in [2.24, 2.45) is 5.92 Å². The van der Waals surface area contributed by atoms with Crippen LogP contribution in [0.25, 0.3) is 0 Å². The summed E-state index contributed by atoms with van der Waals surface area (Å²) >= 11 is 0. The van der Waals surface area contributed by atoms with Gasteiger partial charge in [-0.3, -0.25) is 0 Å². The molecule has 0 radical (unpaired) electrons. The first-order chi connectivity index (χ1) is 8.41. The first-order valence-electron chi connectivity index (χ1n) is 6.23. The number of nitrogens with zero attached hydrogens (tertiary/aromatic N) is 1. The monoisotopic (exact) mass is 268 g/mol. The zero-order chi connectivity index (χ0) is 13.3. The Morgan fingerprint density at radius 1 is 1.39 bits per heavy atom. The summed E-state index contributed by atoms with van der Waals surface area (Å²) in [5.74, 6) is 0.521. The van der Waals surface area contributed by atoms with Gasteiger partial charge in [-0.05, 0) is 43.4 Å². The Morgan fingerprint density at radius 2 is 2.06 bits per heavy atom. The molecule has 0 amide bonds. The van der Waals surface area contributed by atoms with Gasteiger partial charge in [0.05, 0.1) is 4.90 Å². The van der Waals surface area contributed by atoms with E-state index in [9.17, 15) is 8.42 Å². The summed E-state index contributed by atoms with van der Waals surface area (Å²) in [6, 6.07) is 4.92. The molecule has 0 bridgehead atoms. The predicted octanol–water partition coefficient (Wildman–Crippen LogP) is 2.00. The van der Waals surface area contributed by atoms with E-state index in [4.69, 9.17) is 5.73 Å². The van der Waals surface area contributed by atoms with E-state index in [-0.39, 0.29) is 4.90 Å². The van der Waals surface area contributed by atoms with Crippen LogP contribution in [0.2, 0.25) is 0 Å². The van der Waals surface area contributed by atoms with E-state index in [1.807, 2.05) is 6.92 Å². The van der Waals surface area contributed by atoms with Gasteiger partial charge in [0.15, 0.2) is 0 Å². The van der Waals surface area contributed by atoms with Crippen LogP contribution in [0.3, 0.4) is 0 Å². The van der Waals surface area contributed by atoms with Crippen LogP contribution in [0.5, 0.6) is 0 Å². The van der Waals surface area contributed by atoms with Crippen molar-refractivity contribution in [3.63, 3.8) is 0 Å². The molecule has 1 saturated carbocycles. The quantitative estimate of drug-likeness (QED) is 0.849. The fraction of sp³-hybridized carbons (Fsp3) is 0.538. The second-order valence-corrected chi connectivity index (χ2v) is 7.15. The highest BCUT2D eigenvalue weighted by Gasteiger charge is 2.26. The summed E-state index contributed by atoms with van der Waals surface area (Å²) in [6.45, 7) is 2.47. The molecule has 0 atom stereocenters. The summed E-state index contributed by atoms with van der Waals surface area (Å²) in [4.78, 5) is 0.285. The zero-order valence-corrected chi connectivity index (χ0v) is 11.7. The molecule has 1 aliphatic carbocycles. The fourth-order valence-electron chi connectivity index (χ4n) is 2.10. The second-order valence-electron chi connectivity index (χ2n) is 5.10. The topological polar surface area (TPSA) is 63.4 Å². The summed E-state index contributed by atoms with van der Waals surface area (Å²) in [6.07, 6.45) is 3.49. The van der Waals surface area contributed by atoms with Crippen LogP contribution >= 0.6 is 0 Å². The van der Waals surface area contributed by atoms with Gasteiger partial charge in [-0.2, -0.15) is 0 Å². The first kappa shape index (κ1) is 13.4. The standard InChI is InChI=1S/C13H20N2O2S/c1-10-6-7-12(8-13(10)14)18(16,17)15(2)9-11-4-3-5-11/h6-8,11H,3-5,9,14H2,1-2H3. The molecule has 1 aromatic rings. The Hall–Kier alpha value is -1.07. The normalized spacial score (nSPS) is 16.8. The smallest absolute Gasteiger partial charge is 0.242 e. The lowest BCUT2D eigenvalue weighted by Gasteiger charge is -2.29. The number of rotatable bonds is 4. The average molecular weight is 268 g/mol. The van der Waals surface area contributed by atoms with Crippen molar-refractivity contribution in [3.8, 4) is 0 Å². The van der Waals surface area contributed by atoms with Gasteiger partial charge >= 0.3 is 0 Å². The molecular weight excluding hydrogens is 248 g/mol. The summed E-state index contributed by atoms with van der Waals surface area (Å²) in [5, 5.41) is 0. The lowest BCUT2D eigenvalue weighted by molar-refractivity contribution is 0.263. The van der Waals surface area contributed by atoms with E-state index in [2.05, 4.69) is 0 Å². The van der Waals surface area contributed by atoms with E-state index < -0.39 is 10.0 Å². The number of nitrogen functional groups attached to an aromatic ring is 1. The lowest BCUT2D eigenvalue weighted by Crippen LogP contribution is -2.34. The Bertz CT molecular complexity index is 536. The predicted molar refractivity (Wildman–Crippen MR) is 72.7 cm³/mol. The fourth-order valence-corrected chi connectivity index (χ4v) is 3.38. The highest BCUT2D eigenvalue weighted by Crippen LogP contribution is 2.29. The SMILES string of the molecule is Cc1ccc(S(=O)(=O)N(C)CC2CCC2)cc1N. The van der Waals surface area contributed by atoms with Crippen molar-refractivity contribution in [1.82, 2.24) is 4.31 Å². The number of hydrogen-bond donors (Lipinski definition) is 1. The lowest BCUT2D eigenvalue weighted by atomic mass is 9.86. The molecule has 4 nitrogen and oxygen atoms in total. The van der Waals surface area contributed by atoms with Gasteiger partial charge in [0.1, 0.15) is 0 Å². The molecule has 0 saturated heterocycles. The van der Waals surface area contributed by atoms with Gasteiger partial charge in [0.25, 0.3) is 0 Å². The number of benzene rings is 1. The van der Waals surface area contributed by atoms with E-state index >= 15 is 0 Å². The highest BCUT2D eigenvalue weighted by molar-refractivity contribution is 7.89. The minimum absolute atomic E-state index is 0.285. The third kappa shape index (κ3) is 2.52. The highest BCUT2D eigenvalue weighted by atomic mass is 32.2. The molecule has 1 aliphatic rings. The maximum Gasteiger partial charge on any atom is 0.242 e. The zero-order valence-electron chi connectivity index (χ0n) is 10.9. The molecular formula is C13H20N2O2S. The van der Waals surface area contributed by atoms with Gasteiger partial charge < -0.3 is 5.73 Å². The number of hydrogen-bond acceptors (Lipinski definition) is 3. The van der Waals surface area contributed by atoms with Gasteiger partial charge in [-0.15, -0.1) is 0 Å². The van der Waals surface area contributed by atoms with Crippen LogP contribution < -0.4 is 5.73 Å². The van der Waals surface area contributed by atoms with Crippen LogP contribution in [0.1, 0.15) is 24.8 Å². The summed E-state index contributed by atoms with van der Waals surface area (Å²) in [7, 11) is -1.75. The van der Waals surface area contributed by atoms with Crippen molar-refractivity contribution < 1.29 is 8.42 Å². The van der Waals surface area contributed by atoms with E-state index in [1.54, 1.807) is 25.2 Å². The van der Waals surface area contributed by atoms with Crippen molar-refractivity contribution in [2.45, 2.75) is 31.1 Å². The molecule has 0 spiro atoms. The molecule has 2 N–H and O–H groups in total. The molecule has 2 rings (SSSR count). The molecule has 0 unspecified atom stereocenters. The number of nitrogens with two attached hydrogens (primary N) is 1. The van der Waals surface area contributed by atoms with Crippen molar-refractivity contribution in [1.29, 1.82) is 0 Å². The Kier molecular flexibility index (Phi) is 3.64. The molecule has 100 valence electrons. The number of sulfonamides is 1. The van der Waals surface area contributed by atoms with Gasteiger partial charge in [0.2, 0.25) is 10.0 Å². The van der Waals surface area contributed by atoms with Crippen LogP contribution in [-0.4, -0.2) is 26.3 Å². The third-order valence-corrected chi connectivity index (χ3v) is 5.52. The maximum atomic E-state index is 12.3. The van der Waals surface area contributed by atoms with Crippen molar-refractivity contribution >= 4 is 15.7 Å². The van der Waals surface area contributed by atoms with E-state index in [1.165, 1.54) is 10.7 Å². The minimum atomic E-state index is -3.40. The van der Waals surface area contributed by atoms with E-state index in [0.29, 0.717) is 18.2 Å². The van der Waals surface area contributed by atoms with Gasteiger partial charge in [0, 0.05) is 19.3 Å². The number of aryl methyl sites for hydroxylation is 1. The third-order valence-electron chi connectivity index (χ3n) is 3.70. The average Bonchev–Trinajstić information content (AvgIpc) is 2.26. The Balaban J connectivity index is 2.20. The molecule has 1 aromatic carbocycles. The van der Waals surface area contributed by atoms with Gasteiger partial charge in [-0.1, -0.05) is 12.5 Å². The molecule has 0 aliphatic heterocycles. The molecule has 5 heteroatoms. The maximum absolute atomic E-state index is 12.3. The molecule has 0 aromatic heterocycles. The molecule has 18 heavy (non-hydrogen) atoms. The summed E-state index contributed by atoms with van der Waals surface area (Å²) < 4.78 is 26.1. The second kappa shape index (κ2) is 4.90. The van der Waals surface area contributed by atoms with Crippen molar-refractivity contribution in [3.05, 3.63) is 23.8 Å². The van der Waals surface area contributed by atoms with Crippen LogP contribution in [0.15, 0.2) is 23.1 Å². The number of anilines is 1. The molecule has 0 heterocycles. The largest absolute Gasteiger partial charge is 0.398 e. The Morgan fingerprint density at radius 3 is 2.56 bits per heavy atom. The first-order valence-corrected chi connectivity index (χ1v) is 7.67. The van der Waals surface area contributed by atoms with E-state index in [0.717, 1.165) is 18.4 Å². The van der Waals surface area contributed by atoms with Crippen LogP contribution in [-0.2, 0) is 10.0 Å². The summed E-state index contributed by atoms with van der Waals surface area (Å²) in [5.41, 5.74) is 7.19. The molecule has 1 fully saturated rings. The van der Waals surface area contributed by atoms with Crippen LogP contribution in [0.4, 0.5) is 5.69 Å². The van der Waals surface area contributed by atoms with Crippen LogP contribution in [0, 0.1) is 12.8 Å². The Labute approximate surface area is 109 Å². The van der Waals surface area contributed by atoms with Gasteiger partial charge in [-0.25, -0.2) is 12.7 Å².